The van der Waals surface area contributed by atoms with E-state index >= 15 is 0 Å². The van der Waals surface area contributed by atoms with Gasteiger partial charge in [-0.15, -0.1) is 0 Å². The summed E-state index contributed by atoms with van der Waals surface area (Å²) in [7, 11) is -3.63. The molecule has 1 saturated heterocycles. The zero-order valence-electron chi connectivity index (χ0n) is 14.9. The van der Waals surface area contributed by atoms with Gasteiger partial charge in [0, 0.05) is 30.9 Å². The van der Waals surface area contributed by atoms with Crippen molar-refractivity contribution in [2.24, 2.45) is 0 Å². The predicted molar refractivity (Wildman–Crippen MR) is 99.7 cm³/mol. The highest BCUT2D eigenvalue weighted by atomic mass is 32.2. The number of benzene rings is 1. The Kier molecular flexibility index (Phi) is 4.86. The van der Waals surface area contributed by atoms with Gasteiger partial charge >= 0.3 is 0 Å². The molecular formula is C19H18FN3O4S. The average molecular weight is 403 g/mol. The van der Waals surface area contributed by atoms with Crippen LogP contribution in [-0.4, -0.2) is 35.4 Å². The molecule has 1 aliphatic heterocycles. The molecule has 28 heavy (non-hydrogen) atoms. The van der Waals surface area contributed by atoms with Gasteiger partial charge in [0.05, 0.1) is 11.1 Å². The van der Waals surface area contributed by atoms with Crippen molar-refractivity contribution >= 4 is 10.0 Å². The summed E-state index contributed by atoms with van der Waals surface area (Å²) < 4.78 is 46.8. The molecule has 0 radical (unpaired) electrons. The molecule has 0 saturated carbocycles. The molecule has 0 amide bonds. The van der Waals surface area contributed by atoms with Crippen LogP contribution in [0.4, 0.5) is 4.39 Å². The minimum absolute atomic E-state index is 0.0105. The number of aromatic nitrogens is 2. The summed E-state index contributed by atoms with van der Waals surface area (Å²) in [6.45, 7) is 0.966. The topological polar surface area (TPSA) is 85.4 Å². The minimum atomic E-state index is -3.63. The van der Waals surface area contributed by atoms with Crippen molar-refractivity contribution in [3.05, 3.63) is 70.9 Å². The molecule has 4 rings (SSSR count). The van der Waals surface area contributed by atoms with E-state index < -0.39 is 10.0 Å². The Morgan fingerprint density at radius 1 is 1.07 bits per heavy atom. The van der Waals surface area contributed by atoms with E-state index in [0.29, 0.717) is 24.4 Å². The highest BCUT2D eigenvalue weighted by Gasteiger charge is 2.27. The summed E-state index contributed by atoms with van der Waals surface area (Å²) >= 11 is 0. The number of oxazole rings is 1. The van der Waals surface area contributed by atoms with E-state index in [-0.39, 0.29) is 28.7 Å². The van der Waals surface area contributed by atoms with Gasteiger partial charge in [0.25, 0.3) is 5.56 Å². The van der Waals surface area contributed by atoms with Gasteiger partial charge in [0.1, 0.15) is 12.4 Å². The predicted octanol–water partition coefficient (Wildman–Crippen LogP) is 2.48. The Bertz CT molecular complexity index is 1150. The highest BCUT2D eigenvalue weighted by Crippen LogP contribution is 2.22. The van der Waals surface area contributed by atoms with E-state index in [0.717, 1.165) is 12.8 Å². The van der Waals surface area contributed by atoms with E-state index in [9.17, 15) is 17.6 Å². The second-order valence-electron chi connectivity index (χ2n) is 6.57. The first-order chi connectivity index (χ1) is 13.4. The molecule has 1 fully saturated rings. The number of hydrogen-bond donors (Lipinski definition) is 0. The molecule has 2 aromatic heterocycles. The van der Waals surface area contributed by atoms with Crippen molar-refractivity contribution in [1.29, 1.82) is 0 Å². The molecule has 9 heteroatoms. The van der Waals surface area contributed by atoms with Gasteiger partial charge in [-0.1, -0.05) is 0 Å². The number of nitrogens with zero attached hydrogens (tertiary/aromatic N) is 3. The number of halogens is 1. The molecule has 0 bridgehead atoms. The summed E-state index contributed by atoms with van der Waals surface area (Å²) in [5.74, 6) is 0.326. The van der Waals surface area contributed by atoms with Crippen LogP contribution >= 0.6 is 0 Å². The van der Waals surface area contributed by atoms with Crippen LogP contribution in [0.1, 0.15) is 18.7 Å². The SMILES string of the molecule is O=c1ccc(S(=O)(=O)N2CCCC2)cn1Cc1ncc(-c2ccc(F)cc2)o1. The number of rotatable bonds is 5. The Morgan fingerprint density at radius 2 is 1.79 bits per heavy atom. The van der Waals surface area contributed by atoms with Crippen molar-refractivity contribution < 1.29 is 17.2 Å². The molecule has 0 spiro atoms. The zero-order valence-corrected chi connectivity index (χ0v) is 15.7. The molecule has 0 aliphatic carbocycles. The third-order valence-corrected chi connectivity index (χ3v) is 6.53. The number of hydrogen-bond acceptors (Lipinski definition) is 5. The van der Waals surface area contributed by atoms with Gasteiger partial charge in [0.2, 0.25) is 15.9 Å². The van der Waals surface area contributed by atoms with E-state index in [2.05, 4.69) is 4.98 Å². The lowest BCUT2D eigenvalue weighted by molar-refractivity contribution is 0.471. The monoisotopic (exact) mass is 403 g/mol. The maximum absolute atomic E-state index is 13.0. The third-order valence-electron chi connectivity index (χ3n) is 4.65. The normalized spacial score (nSPS) is 15.2. The standard InChI is InChI=1S/C19H18FN3O4S/c20-15-5-3-14(4-6-15)17-11-21-18(27-17)13-22-12-16(7-8-19(22)24)28(25,26)23-9-1-2-10-23/h3-8,11-12H,1-2,9-10,13H2. The van der Waals surface area contributed by atoms with Gasteiger partial charge in [-0.2, -0.15) is 4.31 Å². The van der Waals surface area contributed by atoms with E-state index in [1.54, 1.807) is 12.1 Å². The Labute approximate surface area is 161 Å². The van der Waals surface area contributed by atoms with Crippen LogP contribution in [0.3, 0.4) is 0 Å². The van der Waals surface area contributed by atoms with Gasteiger partial charge < -0.3 is 8.98 Å². The van der Waals surface area contributed by atoms with Crippen LogP contribution in [0.2, 0.25) is 0 Å². The van der Waals surface area contributed by atoms with Crippen LogP contribution in [-0.2, 0) is 16.6 Å². The van der Waals surface area contributed by atoms with Gasteiger partial charge in [-0.05, 0) is 43.2 Å². The number of sulfonamides is 1. The Hall–Kier alpha value is -2.78. The first-order valence-electron chi connectivity index (χ1n) is 8.85. The van der Waals surface area contributed by atoms with Crippen molar-refractivity contribution in [2.45, 2.75) is 24.3 Å². The van der Waals surface area contributed by atoms with Gasteiger partial charge in [-0.3, -0.25) is 4.79 Å². The molecule has 0 N–H and O–H groups in total. The quantitative estimate of drug-likeness (QED) is 0.653. The first kappa shape index (κ1) is 18.6. The van der Waals surface area contributed by atoms with Gasteiger partial charge in [0.15, 0.2) is 5.76 Å². The summed E-state index contributed by atoms with van der Waals surface area (Å²) in [5.41, 5.74) is 0.291. The fourth-order valence-electron chi connectivity index (χ4n) is 3.14. The molecule has 1 aromatic carbocycles. The van der Waals surface area contributed by atoms with Crippen LogP contribution < -0.4 is 5.56 Å². The van der Waals surface area contributed by atoms with Crippen molar-refractivity contribution in [1.82, 2.24) is 13.9 Å². The molecule has 146 valence electrons. The fourth-order valence-corrected chi connectivity index (χ4v) is 4.68. The second kappa shape index (κ2) is 7.33. The van der Waals surface area contributed by atoms with Crippen molar-refractivity contribution in [3.63, 3.8) is 0 Å². The summed E-state index contributed by atoms with van der Waals surface area (Å²) in [6.07, 6.45) is 4.47. The molecule has 7 nitrogen and oxygen atoms in total. The molecule has 0 unspecified atom stereocenters. The second-order valence-corrected chi connectivity index (χ2v) is 8.51. The maximum Gasteiger partial charge on any atom is 0.251 e. The number of pyridine rings is 1. The van der Waals surface area contributed by atoms with E-state index in [4.69, 9.17) is 4.42 Å². The van der Waals surface area contributed by atoms with Crippen LogP contribution in [0.5, 0.6) is 0 Å². The fraction of sp³-hybridized carbons (Fsp3) is 0.263. The third kappa shape index (κ3) is 3.63. The molecule has 3 heterocycles. The maximum atomic E-state index is 13.0. The highest BCUT2D eigenvalue weighted by molar-refractivity contribution is 7.89. The minimum Gasteiger partial charge on any atom is -0.439 e. The van der Waals surface area contributed by atoms with Gasteiger partial charge in [-0.25, -0.2) is 17.8 Å². The molecule has 0 atom stereocenters. The Balaban J connectivity index is 1.60. The molecule has 3 aromatic rings. The largest absolute Gasteiger partial charge is 0.439 e. The van der Waals surface area contributed by atoms with Crippen LogP contribution in [0, 0.1) is 5.82 Å². The zero-order chi connectivity index (χ0) is 19.7. The summed E-state index contributed by atoms with van der Waals surface area (Å²) in [5, 5.41) is 0. The lowest BCUT2D eigenvalue weighted by Crippen LogP contribution is -2.29. The molecule has 1 aliphatic rings. The first-order valence-corrected chi connectivity index (χ1v) is 10.3. The summed E-state index contributed by atoms with van der Waals surface area (Å²) in [4.78, 5) is 16.4. The van der Waals surface area contributed by atoms with E-state index in [1.165, 1.54) is 45.5 Å². The lowest BCUT2D eigenvalue weighted by Gasteiger charge is -2.16. The lowest BCUT2D eigenvalue weighted by atomic mass is 10.2. The van der Waals surface area contributed by atoms with Crippen molar-refractivity contribution in [3.8, 4) is 11.3 Å². The van der Waals surface area contributed by atoms with E-state index in [1.807, 2.05) is 0 Å². The average Bonchev–Trinajstić information content (AvgIpc) is 3.36. The van der Waals surface area contributed by atoms with Crippen LogP contribution in [0.25, 0.3) is 11.3 Å². The summed E-state index contributed by atoms with van der Waals surface area (Å²) in [6, 6.07) is 8.31. The van der Waals surface area contributed by atoms with Crippen molar-refractivity contribution in [2.75, 3.05) is 13.1 Å². The Morgan fingerprint density at radius 3 is 2.50 bits per heavy atom. The smallest absolute Gasteiger partial charge is 0.251 e. The molecular weight excluding hydrogens is 385 g/mol. The van der Waals surface area contributed by atoms with Crippen LogP contribution in [0.15, 0.2) is 62.9 Å².